The van der Waals surface area contributed by atoms with Gasteiger partial charge in [-0.15, -0.1) is 8.78 Å². The molecule has 1 N–H and O–H groups in total. The molecule has 3 rings (SSSR count). The van der Waals surface area contributed by atoms with Crippen molar-refractivity contribution in [2.75, 3.05) is 18.5 Å². The van der Waals surface area contributed by atoms with E-state index in [0.717, 1.165) is 6.07 Å². The zero-order valence-corrected chi connectivity index (χ0v) is 14.1. The number of carbonyl (C=O) groups excluding carboxylic acids is 3. The van der Waals surface area contributed by atoms with E-state index in [1.807, 2.05) is 0 Å². The largest absolute Gasteiger partial charge is 0.586 e. The molecule has 0 fully saturated rings. The monoisotopic (exact) mass is 393 g/mol. The number of esters is 1. The van der Waals surface area contributed by atoms with Crippen LogP contribution in [0.2, 0.25) is 0 Å². The molecule has 1 aliphatic heterocycles. The van der Waals surface area contributed by atoms with E-state index >= 15 is 0 Å². The van der Waals surface area contributed by atoms with Gasteiger partial charge in [-0.05, 0) is 36.4 Å². The van der Waals surface area contributed by atoms with Gasteiger partial charge in [0.2, 0.25) is 0 Å². The molecule has 1 amide bonds. The molecule has 2 aromatic carbocycles. The maximum Gasteiger partial charge on any atom is 0.586 e. The molecule has 0 radical (unpaired) electrons. The van der Waals surface area contributed by atoms with Crippen molar-refractivity contribution in [1.29, 1.82) is 0 Å². The van der Waals surface area contributed by atoms with Gasteiger partial charge in [-0.1, -0.05) is 0 Å². The summed E-state index contributed by atoms with van der Waals surface area (Å²) >= 11 is 0. The van der Waals surface area contributed by atoms with Crippen LogP contribution in [0.15, 0.2) is 42.5 Å². The number of benzene rings is 2. The molecule has 0 aromatic heterocycles. The fraction of sp³-hybridized carbons (Fsp3) is 0.167. The Bertz CT molecular complexity index is 899. The van der Waals surface area contributed by atoms with Crippen molar-refractivity contribution in [3.8, 4) is 17.2 Å². The van der Waals surface area contributed by atoms with Gasteiger partial charge >= 0.3 is 12.3 Å². The number of ether oxygens (including phenoxy) is 4. The maximum absolute atomic E-state index is 13.0. The highest BCUT2D eigenvalue weighted by atomic mass is 19.3. The van der Waals surface area contributed by atoms with Gasteiger partial charge in [-0.3, -0.25) is 9.59 Å². The van der Waals surface area contributed by atoms with Gasteiger partial charge in [0.15, 0.2) is 24.7 Å². The van der Waals surface area contributed by atoms with Crippen LogP contribution in [0.4, 0.5) is 14.5 Å². The maximum atomic E-state index is 13.0. The number of hydrogen-bond acceptors (Lipinski definition) is 7. The molecule has 0 aliphatic carbocycles. The summed E-state index contributed by atoms with van der Waals surface area (Å²) < 4.78 is 44.4. The molecule has 0 spiro atoms. The van der Waals surface area contributed by atoms with Crippen molar-refractivity contribution in [1.82, 2.24) is 0 Å². The number of anilines is 1. The lowest BCUT2D eigenvalue weighted by atomic mass is 10.2. The fourth-order valence-electron chi connectivity index (χ4n) is 2.20. The SMILES string of the molecule is O=Cc1ccc(OCC(=O)OCC(=O)Nc2ccc3c(c2)OC(F)(F)O3)cc1. The van der Waals surface area contributed by atoms with Crippen molar-refractivity contribution in [3.63, 3.8) is 0 Å². The third kappa shape index (κ3) is 4.93. The summed E-state index contributed by atoms with van der Waals surface area (Å²) in [5, 5.41) is 2.37. The van der Waals surface area contributed by atoms with Crippen LogP contribution >= 0.6 is 0 Å². The van der Waals surface area contributed by atoms with Crippen LogP contribution in [0, 0.1) is 0 Å². The zero-order chi connectivity index (χ0) is 20.1. The lowest BCUT2D eigenvalue weighted by molar-refractivity contribution is -0.286. The minimum Gasteiger partial charge on any atom is -0.482 e. The summed E-state index contributed by atoms with van der Waals surface area (Å²) in [6.45, 7) is -1.04. The molecule has 0 saturated heterocycles. The number of hydrogen-bond donors (Lipinski definition) is 1. The van der Waals surface area contributed by atoms with Crippen molar-refractivity contribution < 1.29 is 42.1 Å². The second-order valence-corrected chi connectivity index (χ2v) is 5.51. The molecule has 146 valence electrons. The van der Waals surface area contributed by atoms with E-state index in [1.165, 1.54) is 36.4 Å². The molecule has 1 heterocycles. The van der Waals surface area contributed by atoms with Gasteiger partial charge in [-0.2, -0.15) is 0 Å². The zero-order valence-electron chi connectivity index (χ0n) is 14.1. The van der Waals surface area contributed by atoms with Gasteiger partial charge in [0, 0.05) is 17.3 Å². The average molecular weight is 393 g/mol. The van der Waals surface area contributed by atoms with Crippen LogP contribution in [0.5, 0.6) is 17.2 Å². The number of alkyl halides is 2. The standard InChI is InChI=1S/C18H13F2NO7/c19-18(20)27-14-6-3-12(7-15(14)28-18)21-16(23)9-26-17(24)10-25-13-4-1-11(8-22)2-5-13/h1-8H,9-10H2,(H,21,23). The topological polar surface area (TPSA) is 100 Å². The first-order chi connectivity index (χ1) is 13.3. The van der Waals surface area contributed by atoms with Crippen LogP contribution in [0.25, 0.3) is 0 Å². The van der Waals surface area contributed by atoms with Gasteiger partial charge in [-0.25, -0.2) is 4.79 Å². The molecule has 28 heavy (non-hydrogen) atoms. The minimum atomic E-state index is -3.76. The Morgan fingerprint density at radius 3 is 2.46 bits per heavy atom. The number of rotatable bonds is 7. The predicted molar refractivity (Wildman–Crippen MR) is 89.6 cm³/mol. The summed E-state index contributed by atoms with van der Waals surface area (Å²) in [5.41, 5.74) is 0.617. The van der Waals surface area contributed by atoms with Crippen LogP contribution in [-0.2, 0) is 14.3 Å². The molecule has 0 unspecified atom stereocenters. The second kappa shape index (κ2) is 7.91. The first-order valence-corrected chi connectivity index (χ1v) is 7.88. The van der Waals surface area contributed by atoms with Crippen molar-refractivity contribution >= 4 is 23.9 Å². The average Bonchev–Trinajstić information content (AvgIpc) is 2.98. The second-order valence-electron chi connectivity index (χ2n) is 5.51. The van der Waals surface area contributed by atoms with Gasteiger partial charge in [0.05, 0.1) is 0 Å². The summed E-state index contributed by atoms with van der Waals surface area (Å²) in [7, 11) is 0. The summed E-state index contributed by atoms with van der Waals surface area (Å²) in [6, 6.07) is 9.74. The highest BCUT2D eigenvalue weighted by Gasteiger charge is 2.43. The summed E-state index contributed by atoms with van der Waals surface area (Å²) in [5.74, 6) is -1.51. The fourth-order valence-corrected chi connectivity index (χ4v) is 2.20. The Kier molecular flexibility index (Phi) is 5.39. The van der Waals surface area contributed by atoms with Crippen molar-refractivity contribution in [3.05, 3.63) is 48.0 Å². The van der Waals surface area contributed by atoms with E-state index in [1.54, 1.807) is 0 Å². The van der Waals surface area contributed by atoms with E-state index in [0.29, 0.717) is 17.6 Å². The Labute approximate surface area is 156 Å². The number of halogens is 2. The molecule has 10 heteroatoms. The smallest absolute Gasteiger partial charge is 0.482 e. The molecular formula is C18H13F2NO7. The van der Waals surface area contributed by atoms with Gasteiger partial charge in [0.1, 0.15) is 12.0 Å². The van der Waals surface area contributed by atoms with E-state index in [2.05, 4.69) is 14.8 Å². The summed E-state index contributed by atoms with van der Waals surface area (Å²) in [4.78, 5) is 34.0. The van der Waals surface area contributed by atoms with Crippen LogP contribution in [0.3, 0.4) is 0 Å². The molecular weight excluding hydrogens is 380 g/mol. The lowest BCUT2D eigenvalue weighted by Gasteiger charge is -2.08. The first kappa shape index (κ1) is 19.1. The van der Waals surface area contributed by atoms with E-state index in [-0.39, 0.29) is 17.2 Å². The third-order valence-corrected chi connectivity index (χ3v) is 3.42. The van der Waals surface area contributed by atoms with Crippen LogP contribution in [0.1, 0.15) is 10.4 Å². The number of aldehydes is 1. The molecule has 2 aromatic rings. The Hall–Kier alpha value is -3.69. The molecule has 0 bridgehead atoms. The number of amides is 1. The van der Waals surface area contributed by atoms with E-state index in [9.17, 15) is 23.2 Å². The first-order valence-electron chi connectivity index (χ1n) is 7.88. The normalized spacial score (nSPS) is 13.5. The number of nitrogens with one attached hydrogen (secondary N) is 1. The predicted octanol–water partition coefficient (Wildman–Crippen LogP) is 2.38. The minimum absolute atomic E-state index is 0.159. The van der Waals surface area contributed by atoms with Crippen molar-refractivity contribution in [2.24, 2.45) is 0 Å². The third-order valence-electron chi connectivity index (χ3n) is 3.42. The molecule has 0 atom stereocenters. The number of fused-ring (bicyclic) bond motifs is 1. The van der Waals surface area contributed by atoms with Gasteiger partial charge < -0.3 is 24.3 Å². The van der Waals surface area contributed by atoms with Gasteiger partial charge in [0.25, 0.3) is 5.91 Å². The highest BCUT2D eigenvalue weighted by molar-refractivity contribution is 5.93. The highest BCUT2D eigenvalue weighted by Crippen LogP contribution is 2.42. The van der Waals surface area contributed by atoms with Crippen molar-refractivity contribution in [2.45, 2.75) is 6.29 Å². The molecule has 8 nitrogen and oxygen atoms in total. The van der Waals surface area contributed by atoms with E-state index in [4.69, 9.17) is 9.47 Å². The molecule has 1 aliphatic rings. The number of carbonyl (C=O) groups is 3. The lowest BCUT2D eigenvalue weighted by Crippen LogP contribution is -2.26. The molecule has 0 saturated carbocycles. The Morgan fingerprint density at radius 2 is 1.75 bits per heavy atom. The van der Waals surface area contributed by atoms with E-state index < -0.39 is 31.4 Å². The van der Waals surface area contributed by atoms with Crippen LogP contribution < -0.4 is 19.5 Å². The quantitative estimate of drug-likeness (QED) is 0.569. The summed E-state index contributed by atoms with van der Waals surface area (Å²) in [6.07, 6.45) is -3.09. The Balaban J connectivity index is 1.43. The van der Waals surface area contributed by atoms with Crippen LogP contribution in [-0.4, -0.2) is 37.7 Å². The Morgan fingerprint density at radius 1 is 1.04 bits per heavy atom.